The molecule has 0 aliphatic carbocycles. The SMILES string of the molecule is CCC[C@@H](N(NC(=O)c1c(F)cc(B(O)O)cc1F)C(=O)c1cc(C)cc(C)c1)C(C)(C)C. The average molecular weight is 460 g/mol. The quantitative estimate of drug-likeness (QED) is 0.456. The van der Waals surface area contributed by atoms with Crippen LogP contribution in [0.5, 0.6) is 0 Å². The van der Waals surface area contributed by atoms with Crippen molar-refractivity contribution in [1.29, 1.82) is 0 Å². The molecule has 2 aromatic carbocycles. The van der Waals surface area contributed by atoms with E-state index < -0.39 is 53.1 Å². The number of hydrazine groups is 1. The van der Waals surface area contributed by atoms with Gasteiger partial charge in [-0.2, -0.15) is 0 Å². The Kier molecular flexibility index (Phi) is 8.38. The summed E-state index contributed by atoms with van der Waals surface area (Å²) in [5.41, 5.74) is 2.70. The van der Waals surface area contributed by atoms with Gasteiger partial charge in [0.05, 0.1) is 6.04 Å². The summed E-state index contributed by atoms with van der Waals surface area (Å²) in [6, 6.07) is 6.18. The van der Waals surface area contributed by atoms with Crippen LogP contribution in [-0.2, 0) is 0 Å². The van der Waals surface area contributed by atoms with Crippen molar-refractivity contribution < 1.29 is 28.4 Å². The second kappa shape index (κ2) is 10.4. The fraction of sp³-hybridized carbons (Fsp3) is 0.417. The molecule has 0 saturated heterocycles. The molecule has 0 fully saturated rings. The minimum Gasteiger partial charge on any atom is -0.423 e. The molecule has 33 heavy (non-hydrogen) atoms. The van der Waals surface area contributed by atoms with E-state index in [9.17, 15) is 28.4 Å². The first kappa shape index (κ1) is 26.5. The molecular formula is C24H31BF2N2O4. The van der Waals surface area contributed by atoms with Gasteiger partial charge in [-0.1, -0.05) is 51.3 Å². The van der Waals surface area contributed by atoms with E-state index in [0.717, 1.165) is 16.1 Å². The molecular weight excluding hydrogens is 429 g/mol. The van der Waals surface area contributed by atoms with E-state index in [1.54, 1.807) is 12.1 Å². The number of aryl methyl sites for hydroxylation is 2. The lowest BCUT2D eigenvalue weighted by atomic mass is 9.79. The molecule has 0 spiro atoms. The fourth-order valence-corrected chi connectivity index (χ4v) is 3.85. The molecule has 0 bridgehead atoms. The lowest BCUT2D eigenvalue weighted by molar-refractivity contribution is 0.0268. The predicted molar refractivity (Wildman–Crippen MR) is 124 cm³/mol. The third-order valence-electron chi connectivity index (χ3n) is 5.37. The normalized spacial score (nSPS) is 12.3. The Morgan fingerprint density at radius 1 is 1.03 bits per heavy atom. The van der Waals surface area contributed by atoms with E-state index in [4.69, 9.17) is 0 Å². The van der Waals surface area contributed by atoms with Crippen molar-refractivity contribution in [3.63, 3.8) is 0 Å². The number of carbonyl (C=O) groups is 2. The summed E-state index contributed by atoms with van der Waals surface area (Å²) in [6.07, 6.45) is 1.25. The minimum atomic E-state index is -2.09. The van der Waals surface area contributed by atoms with Crippen LogP contribution < -0.4 is 10.9 Å². The second-order valence-electron chi connectivity index (χ2n) is 9.40. The topological polar surface area (TPSA) is 89.9 Å². The van der Waals surface area contributed by atoms with E-state index >= 15 is 0 Å². The fourth-order valence-electron chi connectivity index (χ4n) is 3.85. The van der Waals surface area contributed by atoms with Gasteiger partial charge < -0.3 is 10.0 Å². The van der Waals surface area contributed by atoms with Crippen LogP contribution in [0.3, 0.4) is 0 Å². The Morgan fingerprint density at radius 3 is 1.97 bits per heavy atom. The maximum atomic E-state index is 14.6. The Labute approximate surface area is 193 Å². The number of hydrogen-bond acceptors (Lipinski definition) is 4. The summed E-state index contributed by atoms with van der Waals surface area (Å²) in [7, 11) is -2.09. The molecule has 0 aliphatic heterocycles. The zero-order valence-corrected chi connectivity index (χ0v) is 19.9. The van der Waals surface area contributed by atoms with E-state index in [1.807, 2.05) is 47.6 Å². The van der Waals surface area contributed by atoms with Gasteiger partial charge in [0, 0.05) is 5.56 Å². The largest absolute Gasteiger partial charge is 0.488 e. The highest BCUT2D eigenvalue weighted by Crippen LogP contribution is 2.29. The summed E-state index contributed by atoms with van der Waals surface area (Å²) in [5.74, 6) is -4.17. The maximum Gasteiger partial charge on any atom is 0.488 e. The Balaban J connectivity index is 2.54. The summed E-state index contributed by atoms with van der Waals surface area (Å²) in [6.45, 7) is 11.4. The van der Waals surface area contributed by atoms with Gasteiger partial charge in [-0.25, -0.2) is 13.8 Å². The molecule has 2 rings (SSSR count). The van der Waals surface area contributed by atoms with Gasteiger partial charge in [0.1, 0.15) is 17.2 Å². The summed E-state index contributed by atoms with van der Waals surface area (Å²) in [4.78, 5) is 26.5. The zero-order chi connectivity index (χ0) is 25.1. The highest BCUT2D eigenvalue weighted by molar-refractivity contribution is 6.58. The van der Waals surface area contributed by atoms with E-state index in [0.29, 0.717) is 30.5 Å². The molecule has 0 saturated carbocycles. The van der Waals surface area contributed by atoms with Crippen LogP contribution in [-0.4, -0.2) is 40.0 Å². The second-order valence-corrected chi connectivity index (χ2v) is 9.40. The third-order valence-corrected chi connectivity index (χ3v) is 5.37. The van der Waals surface area contributed by atoms with E-state index in [2.05, 4.69) is 5.43 Å². The summed E-state index contributed by atoms with van der Waals surface area (Å²) >= 11 is 0. The molecule has 0 heterocycles. The van der Waals surface area contributed by atoms with Crippen LogP contribution in [0.4, 0.5) is 8.78 Å². The van der Waals surface area contributed by atoms with Gasteiger partial charge in [0.15, 0.2) is 0 Å². The van der Waals surface area contributed by atoms with Crippen LogP contribution >= 0.6 is 0 Å². The average Bonchev–Trinajstić information content (AvgIpc) is 2.67. The van der Waals surface area contributed by atoms with E-state index in [1.165, 1.54) is 0 Å². The molecule has 2 amide bonds. The Hall–Kier alpha value is -2.78. The molecule has 6 nitrogen and oxygen atoms in total. The standard InChI is InChI=1S/C24H31BF2N2O4/c1-7-8-20(24(4,5)6)29(23(31)16-10-14(2)9-15(3)11-16)28-22(30)21-18(26)12-17(25(32)33)13-19(21)27/h9-13,20,32-33H,7-8H2,1-6H3,(H,28,30)/t20-/m1/s1. The van der Waals surface area contributed by atoms with Crippen LogP contribution in [0, 0.1) is 30.9 Å². The smallest absolute Gasteiger partial charge is 0.423 e. The molecule has 178 valence electrons. The molecule has 9 heteroatoms. The van der Waals surface area contributed by atoms with Crippen LogP contribution in [0.15, 0.2) is 30.3 Å². The number of nitrogens with zero attached hydrogens (tertiary/aromatic N) is 1. The van der Waals surface area contributed by atoms with Gasteiger partial charge in [-0.05, 0) is 55.4 Å². The van der Waals surface area contributed by atoms with Crippen LogP contribution in [0.1, 0.15) is 72.4 Å². The van der Waals surface area contributed by atoms with Crippen LogP contribution in [0.2, 0.25) is 0 Å². The number of carbonyl (C=O) groups excluding carboxylic acids is 2. The third kappa shape index (κ3) is 6.39. The van der Waals surface area contributed by atoms with E-state index in [-0.39, 0.29) is 0 Å². The number of amides is 2. The number of halogens is 2. The van der Waals surface area contributed by atoms with Crippen LogP contribution in [0.25, 0.3) is 0 Å². The summed E-state index contributed by atoms with van der Waals surface area (Å²) < 4.78 is 29.1. The molecule has 2 aromatic rings. The Bertz CT molecular complexity index is 994. The lowest BCUT2D eigenvalue weighted by Gasteiger charge is -2.40. The monoisotopic (exact) mass is 460 g/mol. The Morgan fingerprint density at radius 2 is 1.55 bits per heavy atom. The number of benzene rings is 2. The molecule has 1 atom stereocenters. The maximum absolute atomic E-state index is 14.6. The minimum absolute atomic E-state index is 0.345. The first-order chi connectivity index (χ1) is 15.3. The van der Waals surface area contributed by atoms with Crippen molar-refractivity contribution in [1.82, 2.24) is 10.4 Å². The van der Waals surface area contributed by atoms with Gasteiger partial charge in [0.25, 0.3) is 11.8 Å². The highest BCUT2D eigenvalue weighted by atomic mass is 19.1. The van der Waals surface area contributed by atoms with Crippen molar-refractivity contribution >= 4 is 24.4 Å². The zero-order valence-electron chi connectivity index (χ0n) is 19.9. The first-order valence-corrected chi connectivity index (χ1v) is 10.8. The molecule has 0 unspecified atom stereocenters. The predicted octanol–water partition coefficient (Wildman–Crippen LogP) is 3.26. The molecule has 0 aromatic heterocycles. The summed E-state index contributed by atoms with van der Waals surface area (Å²) in [5, 5.41) is 19.5. The first-order valence-electron chi connectivity index (χ1n) is 10.8. The van der Waals surface area contributed by atoms with Crippen molar-refractivity contribution in [3.05, 3.63) is 64.2 Å². The molecule has 3 N–H and O–H groups in total. The lowest BCUT2D eigenvalue weighted by Crippen LogP contribution is -2.56. The van der Waals surface area contributed by atoms with Gasteiger partial charge >= 0.3 is 7.12 Å². The van der Waals surface area contributed by atoms with Crippen molar-refractivity contribution in [2.24, 2.45) is 5.41 Å². The van der Waals surface area contributed by atoms with Crippen molar-refractivity contribution in [2.45, 2.75) is 60.4 Å². The van der Waals surface area contributed by atoms with Gasteiger partial charge in [0.2, 0.25) is 0 Å². The van der Waals surface area contributed by atoms with Crippen molar-refractivity contribution in [3.8, 4) is 0 Å². The number of hydrogen-bond donors (Lipinski definition) is 3. The van der Waals surface area contributed by atoms with Crippen molar-refractivity contribution in [2.75, 3.05) is 0 Å². The molecule has 0 radical (unpaired) electrons. The van der Waals surface area contributed by atoms with Gasteiger partial charge in [-0.3, -0.25) is 15.0 Å². The molecule has 0 aliphatic rings. The number of nitrogens with one attached hydrogen (secondary N) is 1. The number of rotatable bonds is 6. The van der Waals surface area contributed by atoms with Gasteiger partial charge in [-0.15, -0.1) is 0 Å². The highest BCUT2D eigenvalue weighted by Gasteiger charge is 2.36.